The van der Waals surface area contributed by atoms with E-state index in [0.29, 0.717) is 22.3 Å². The molecule has 6 heavy (non-hydrogen) atoms. The van der Waals surface area contributed by atoms with Crippen LogP contribution in [-0.4, -0.2) is 22.3 Å². The maximum Gasteiger partial charge on any atom is 0.226 e. The van der Waals surface area contributed by atoms with Gasteiger partial charge in [-0.05, 0) is 6.55 Å². The first-order valence-electron chi connectivity index (χ1n) is 1.76. The van der Waals surface area contributed by atoms with E-state index in [1.165, 1.54) is 0 Å². The quantitative estimate of drug-likeness (QED) is 0.307. The third-order valence-corrected chi connectivity index (χ3v) is 0.971. The largest absolute Gasteiger partial charge is 0.417 e. The van der Waals surface area contributed by atoms with E-state index < -0.39 is 0 Å². The topological polar surface area (TPSA) is 9.23 Å². The van der Waals surface area contributed by atoms with Gasteiger partial charge in [-0.1, -0.05) is 0 Å². The molecule has 0 aromatic rings. The van der Waals surface area contributed by atoms with Gasteiger partial charge in [-0.25, -0.2) is 0 Å². The second-order valence-electron chi connectivity index (χ2n) is 0.742. The van der Waals surface area contributed by atoms with Crippen LogP contribution in [-0.2, 0) is 4.43 Å². The highest BCUT2D eigenvalue weighted by atomic mass is 35.5. The van der Waals surface area contributed by atoms with Gasteiger partial charge in [0.1, 0.15) is 0 Å². The Morgan fingerprint density at radius 2 is 2.50 bits per heavy atom. The summed E-state index contributed by atoms with van der Waals surface area (Å²) in [5, 5.41) is 0. The molecule has 0 atom stereocenters. The van der Waals surface area contributed by atoms with Crippen LogP contribution in [0.3, 0.4) is 0 Å². The van der Waals surface area contributed by atoms with E-state index >= 15 is 0 Å². The fourth-order valence-electron chi connectivity index (χ4n) is 0.141. The summed E-state index contributed by atoms with van der Waals surface area (Å²) in [6, 6.07) is 0. The summed E-state index contributed by atoms with van der Waals surface area (Å²) in [6.07, 6.45) is 0. The van der Waals surface area contributed by atoms with Crippen LogP contribution in [0.2, 0.25) is 6.55 Å². The predicted molar refractivity (Wildman–Crippen MR) is 28.3 cm³/mol. The van der Waals surface area contributed by atoms with Gasteiger partial charge in [-0.2, -0.15) is 0 Å². The molecule has 0 rings (SSSR count). The third kappa shape index (κ3) is 4.47. The minimum Gasteiger partial charge on any atom is -0.417 e. The van der Waals surface area contributed by atoms with Gasteiger partial charge in [0.15, 0.2) is 0 Å². The Morgan fingerprint density at radius 1 is 1.83 bits per heavy atom. The second kappa shape index (κ2) is 5.47. The lowest BCUT2D eigenvalue weighted by molar-refractivity contribution is 0.367. The molecule has 0 aromatic heterocycles. The summed E-state index contributed by atoms with van der Waals surface area (Å²) in [4.78, 5) is 0. The van der Waals surface area contributed by atoms with Crippen molar-refractivity contribution in [3.05, 3.63) is 0 Å². The molecule has 0 heterocycles. The minimum absolute atomic E-state index is 0.580. The molecule has 3 heteroatoms. The Labute approximate surface area is 45.6 Å². The summed E-state index contributed by atoms with van der Waals surface area (Å²) in [6.45, 7) is 2.67. The van der Waals surface area contributed by atoms with Crippen LogP contribution < -0.4 is 0 Å². The Morgan fingerprint density at radius 3 is 2.67 bits per heavy atom. The van der Waals surface area contributed by atoms with Crippen LogP contribution in [0.25, 0.3) is 0 Å². The van der Waals surface area contributed by atoms with Crippen molar-refractivity contribution < 1.29 is 4.43 Å². The maximum atomic E-state index is 5.26. The van der Waals surface area contributed by atoms with Crippen LogP contribution in [0.5, 0.6) is 0 Å². The van der Waals surface area contributed by atoms with Crippen molar-refractivity contribution in [1.29, 1.82) is 0 Å². The summed E-state index contributed by atoms with van der Waals surface area (Å²) < 4.78 is 4.88. The lowest BCUT2D eigenvalue weighted by atomic mass is 10.9. The zero-order chi connectivity index (χ0) is 4.83. The molecule has 0 aliphatic carbocycles. The van der Waals surface area contributed by atoms with Crippen molar-refractivity contribution in [3.63, 3.8) is 0 Å². The van der Waals surface area contributed by atoms with Crippen molar-refractivity contribution >= 4 is 21.4 Å². The number of halogens is 1. The monoisotopic (exact) mass is 122 g/mol. The highest BCUT2D eigenvalue weighted by molar-refractivity contribution is 6.25. The SMILES string of the molecule is C[Si]OCCCl. The van der Waals surface area contributed by atoms with Crippen molar-refractivity contribution in [1.82, 2.24) is 0 Å². The average molecular weight is 123 g/mol. The smallest absolute Gasteiger partial charge is 0.226 e. The number of hydrogen-bond acceptors (Lipinski definition) is 1. The molecule has 0 saturated carbocycles. The van der Waals surface area contributed by atoms with Crippen molar-refractivity contribution in [2.45, 2.75) is 6.55 Å². The molecular formula is C3H7ClOSi. The Balaban J connectivity index is 2.34. The lowest BCUT2D eigenvalue weighted by Crippen LogP contribution is -1.95. The third-order valence-electron chi connectivity index (χ3n) is 0.324. The summed E-state index contributed by atoms with van der Waals surface area (Å²) in [5.41, 5.74) is 0. The maximum absolute atomic E-state index is 5.26. The molecule has 0 fully saturated rings. The second-order valence-corrected chi connectivity index (χ2v) is 1.82. The van der Waals surface area contributed by atoms with Gasteiger partial charge in [-0.15, -0.1) is 11.6 Å². The fraction of sp³-hybridized carbons (Fsp3) is 1.00. The lowest BCUT2D eigenvalue weighted by Gasteiger charge is -1.89. The van der Waals surface area contributed by atoms with Gasteiger partial charge in [0.05, 0.1) is 0 Å². The number of alkyl halides is 1. The molecule has 2 radical (unpaired) electrons. The van der Waals surface area contributed by atoms with Gasteiger partial charge in [0.25, 0.3) is 0 Å². The molecule has 0 amide bonds. The van der Waals surface area contributed by atoms with Gasteiger partial charge < -0.3 is 4.43 Å². The van der Waals surface area contributed by atoms with Gasteiger partial charge in [-0.3, -0.25) is 0 Å². The molecule has 0 unspecified atom stereocenters. The van der Waals surface area contributed by atoms with Crippen molar-refractivity contribution in [2.24, 2.45) is 0 Å². The van der Waals surface area contributed by atoms with Crippen LogP contribution in [0.1, 0.15) is 0 Å². The van der Waals surface area contributed by atoms with Crippen LogP contribution >= 0.6 is 11.6 Å². The first kappa shape index (κ1) is 6.47. The molecule has 0 spiro atoms. The van der Waals surface area contributed by atoms with E-state index in [1.807, 2.05) is 6.55 Å². The molecule has 0 bridgehead atoms. The Bertz CT molecular complexity index is 22.8. The van der Waals surface area contributed by atoms with E-state index in [0.717, 1.165) is 0 Å². The molecule has 0 aromatic carbocycles. The average Bonchev–Trinajstić information content (AvgIpc) is 1.61. The number of hydrogen-bond donors (Lipinski definition) is 0. The first-order valence-corrected chi connectivity index (χ1v) is 3.70. The van der Waals surface area contributed by atoms with E-state index in [-0.39, 0.29) is 0 Å². The first-order chi connectivity index (χ1) is 2.91. The Hall–Kier alpha value is 0.467. The summed E-state index contributed by atoms with van der Waals surface area (Å²) in [7, 11) is 0.580. The van der Waals surface area contributed by atoms with Crippen molar-refractivity contribution in [3.8, 4) is 0 Å². The summed E-state index contributed by atoms with van der Waals surface area (Å²) >= 11 is 5.26. The molecular weight excluding hydrogens is 116 g/mol. The molecule has 0 aliphatic rings. The van der Waals surface area contributed by atoms with E-state index in [4.69, 9.17) is 16.0 Å². The molecule has 0 aliphatic heterocycles. The van der Waals surface area contributed by atoms with E-state index in [9.17, 15) is 0 Å². The van der Waals surface area contributed by atoms with E-state index in [2.05, 4.69) is 0 Å². The predicted octanol–water partition coefficient (Wildman–Crippen LogP) is 0.909. The minimum atomic E-state index is 0.580. The fourth-order valence-corrected chi connectivity index (χ4v) is 0.653. The van der Waals surface area contributed by atoms with Crippen LogP contribution in [0.15, 0.2) is 0 Å². The Kier molecular flexibility index (Phi) is 5.89. The van der Waals surface area contributed by atoms with Gasteiger partial charge in [0.2, 0.25) is 9.76 Å². The molecule has 36 valence electrons. The van der Waals surface area contributed by atoms with Gasteiger partial charge in [0, 0.05) is 12.5 Å². The summed E-state index contributed by atoms with van der Waals surface area (Å²) in [5.74, 6) is 0.612. The molecule has 0 N–H and O–H groups in total. The van der Waals surface area contributed by atoms with Crippen LogP contribution in [0, 0.1) is 0 Å². The number of rotatable bonds is 3. The van der Waals surface area contributed by atoms with Crippen molar-refractivity contribution in [2.75, 3.05) is 12.5 Å². The highest BCUT2D eigenvalue weighted by Crippen LogP contribution is 1.73. The highest BCUT2D eigenvalue weighted by Gasteiger charge is 1.76. The van der Waals surface area contributed by atoms with Crippen LogP contribution in [0.4, 0.5) is 0 Å². The van der Waals surface area contributed by atoms with E-state index in [1.54, 1.807) is 0 Å². The molecule has 1 nitrogen and oxygen atoms in total. The standard InChI is InChI=1S/C3H7ClOSi/c1-6-5-3-2-4/h2-3H2,1H3. The zero-order valence-corrected chi connectivity index (χ0v) is 5.46. The normalized spacial score (nSPS) is 9.00. The molecule has 0 saturated heterocycles. The van der Waals surface area contributed by atoms with Gasteiger partial charge >= 0.3 is 0 Å². The zero-order valence-electron chi connectivity index (χ0n) is 3.70.